The number of non-ortho nitro benzene ring substituents is 1. The van der Waals surface area contributed by atoms with Crippen molar-refractivity contribution in [2.75, 3.05) is 0 Å². The van der Waals surface area contributed by atoms with E-state index in [-0.39, 0.29) is 17.4 Å². The van der Waals surface area contributed by atoms with Crippen LogP contribution in [0.1, 0.15) is 0 Å². The van der Waals surface area contributed by atoms with Crippen LogP contribution in [0.2, 0.25) is 0 Å². The van der Waals surface area contributed by atoms with Gasteiger partial charge in [-0.1, -0.05) is 11.2 Å². The summed E-state index contributed by atoms with van der Waals surface area (Å²) >= 11 is 3.18. The van der Waals surface area contributed by atoms with Gasteiger partial charge in [0.05, 0.1) is 4.92 Å². The Morgan fingerprint density at radius 1 is 1.25 bits per heavy atom. The second-order valence-electron chi connectivity index (χ2n) is 3.83. The van der Waals surface area contributed by atoms with Crippen LogP contribution in [0.5, 0.6) is 0 Å². The molecule has 0 bridgehead atoms. The van der Waals surface area contributed by atoms with Crippen LogP contribution < -0.4 is 0 Å². The van der Waals surface area contributed by atoms with Gasteiger partial charge in [-0.25, -0.2) is 0 Å². The fourth-order valence-electron chi connectivity index (χ4n) is 1.63. The van der Waals surface area contributed by atoms with Crippen LogP contribution in [0.25, 0.3) is 23.0 Å². The molecule has 3 rings (SSSR count). The van der Waals surface area contributed by atoms with E-state index < -0.39 is 4.92 Å². The van der Waals surface area contributed by atoms with Gasteiger partial charge in [-0.3, -0.25) is 10.1 Å². The summed E-state index contributed by atoms with van der Waals surface area (Å²) in [7, 11) is 0. The van der Waals surface area contributed by atoms with E-state index in [9.17, 15) is 10.1 Å². The summed E-state index contributed by atoms with van der Waals surface area (Å²) in [5.74, 6) is 0.908. The van der Waals surface area contributed by atoms with Crippen molar-refractivity contribution in [3.63, 3.8) is 0 Å². The number of hydrogen-bond donors (Lipinski definition) is 0. The number of benzene rings is 1. The van der Waals surface area contributed by atoms with Crippen molar-refractivity contribution in [3.8, 4) is 23.0 Å². The first-order chi connectivity index (χ1) is 9.63. The highest BCUT2D eigenvalue weighted by Crippen LogP contribution is 2.27. The molecule has 2 heterocycles. The average Bonchev–Trinajstić information content (AvgIpc) is 3.07. The maximum atomic E-state index is 10.7. The van der Waals surface area contributed by atoms with Crippen molar-refractivity contribution >= 4 is 21.6 Å². The van der Waals surface area contributed by atoms with Crippen LogP contribution >= 0.6 is 15.9 Å². The lowest BCUT2D eigenvalue weighted by atomic mass is 10.2. The molecule has 0 spiro atoms. The Labute approximate surface area is 120 Å². The number of rotatable bonds is 3. The molecule has 0 atom stereocenters. The van der Waals surface area contributed by atoms with E-state index in [1.807, 2.05) is 0 Å². The molecular weight excluding hydrogens is 330 g/mol. The standard InChI is InChI=1S/C12H6BrN3O4/c13-10-5-4-9(19-10)11-14-12(20-15-11)7-2-1-3-8(6-7)16(17)18/h1-6H. The molecule has 0 saturated heterocycles. The van der Waals surface area contributed by atoms with Gasteiger partial charge in [-0.15, -0.1) is 0 Å². The van der Waals surface area contributed by atoms with Gasteiger partial charge in [0.15, 0.2) is 10.4 Å². The number of nitro groups is 1. The lowest BCUT2D eigenvalue weighted by Crippen LogP contribution is -1.88. The quantitative estimate of drug-likeness (QED) is 0.535. The minimum absolute atomic E-state index is 0.0389. The number of hydrogen-bond acceptors (Lipinski definition) is 6. The second-order valence-corrected chi connectivity index (χ2v) is 4.62. The fraction of sp³-hybridized carbons (Fsp3) is 0. The van der Waals surface area contributed by atoms with Crippen LogP contribution in [0.15, 0.2) is 50.0 Å². The third-order valence-corrected chi connectivity index (χ3v) is 2.95. The van der Waals surface area contributed by atoms with Gasteiger partial charge in [0.25, 0.3) is 11.6 Å². The average molecular weight is 336 g/mol. The van der Waals surface area contributed by atoms with E-state index in [0.29, 0.717) is 16.0 Å². The van der Waals surface area contributed by atoms with Crippen LogP contribution in [0.3, 0.4) is 0 Å². The maximum Gasteiger partial charge on any atom is 0.270 e. The summed E-state index contributed by atoms with van der Waals surface area (Å²) < 4.78 is 10.9. The van der Waals surface area contributed by atoms with Gasteiger partial charge in [-0.2, -0.15) is 4.98 Å². The molecule has 0 aliphatic carbocycles. The smallest absolute Gasteiger partial charge is 0.270 e. The molecule has 1 aromatic carbocycles. The van der Waals surface area contributed by atoms with Gasteiger partial charge in [-0.05, 0) is 34.1 Å². The zero-order valence-electron chi connectivity index (χ0n) is 9.82. The van der Waals surface area contributed by atoms with Crippen molar-refractivity contribution in [2.45, 2.75) is 0 Å². The van der Waals surface area contributed by atoms with E-state index in [4.69, 9.17) is 8.94 Å². The molecule has 20 heavy (non-hydrogen) atoms. The van der Waals surface area contributed by atoms with Crippen molar-refractivity contribution < 1.29 is 13.9 Å². The van der Waals surface area contributed by atoms with Gasteiger partial charge in [0.2, 0.25) is 5.82 Å². The molecule has 0 aliphatic heterocycles. The highest BCUT2D eigenvalue weighted by Gasteiger charge is 2.15. The van der Waals surface area contributed by atoms with Crippen LogP contribution in [0.4, 0.5) is 5.69 Å². The minimum atomic E-state index is -0.482. The van der Waals surface area contributed by atoms with Crippen molar-refractivity contribution in [1.29, 1.82) is 0 Å². The lowest BCUT2D eigenvalue weighted by Gasteiger charge is -1.93. The molecule has 0 N–H and O–H groups in total. The van der Waals surface area contributed by atoms with E-state index in [0.717, 1.165) is 0 Å². The third kappa shape index (κ3) is 2.32. The van der Waals surface area contributed by atoms with E-state index in [2.05, 4.69) is 26.1 Å². The summed E-state index contributed by atoms with van der Waals surface area (Å²) in [5.41, 5.74) is 0.437. The predicted octanol–water partition coefficient (Wildman–Crippen LogP) is 3.67. The molecule has 0 saturated carbocycles. The Hall–Kier alpha value is -2.48. The Kier molecular flexibility index (Phi) is 3.07. The minimum Gasteiger partial charge on any atom is -0.446 e. The predicted molar refractivity (Wildman–Crippen MR) is 71.8 cm³/mol. The Balaban J connectivity index is 1.98. The summed E-state index contributed by atoms with van der Waals surface area (Å²) in [5, 5.41) is 14.5. The maximum absolute atomic E-state index is 10.7. The molecule has 0 radical (unpaired) electrons. The summed E-state index contributed by atoms with van der Waals surface area (Å²) in [6.07, 6.45) is 0. The molecule has 0 amide bonds. The molecule has 3 aromatic rings. The van der Waals surface area contributed by atoms with Gasteiger partial charge >= 0.3 is 0 Å². The summed E-state index contributed by atoms with van der Waals surface area (Å²) in [6.45, 7) is 0. The fourth-order valence-corrected chi connectivity index (χ4v) is 1.93. The first-order valence-electron chi connectivity index (χ1n) is 5.48. The zero-order valence-corrected chi connectivity index (χ0v) is 11.4. The molecule has 0 fully saturated rings. The number of nitro benzene ring substituents is 1. The van der Waals surface area contributed by atoms with E-state index in [1.54, 1.807) is 24.3 Å². The number of aromatic nitrogens is 2. The molecular formula is C12H6BrN3O4. The topological polar surface area (TPSA) is 95.2 Å². The molecule has 7 nitrogen and oxygen atoms in total. The Morgan fingerprint density at radius 2 is 2.10 bits per heavy atom. The highest BCUT2D eigenvalue weighted by molar-refractivity contribution is 9.10. The highest BCUT2D eigenvalue weighted by atomic mass is 79.9. The van der Waals surface area contributed by atoms with Crippen LogP contribution in [-0.4, -0.2) is 15.1 Å². The van der Waals surface area contributed by atoms with Crippen molar-refractivity contribution in [1.82, 2.24) is 10.1 Å². The summed E-state index contributed by atoms with van der Waals surface area (Å²) in [4.78, 5) is 14.4. The Bertz CT molecular complexity index is 780. The zero-order chi connectivity index (χ0) is 14.1. The van der Waals surface area contributed by atoms with Crippen molar-refractivity contribution in [3.05, 3.63) is 51.2 Å². The number of halogens is 1. The second kappa shape index (κ2) is 4.89. The summed E-state index contributed by atoms with van der Waals surface area (Å²) in [6, 6.07) is 9.37. The number of furan rings is 1. The molecule has 0 aliphatic rings. The van der Waals surface area contributed by atoms with E-state index in [1.165, 1.54) is 12.1 Å². The number of nitrogens with zero attached hydrogens (tertiary/aromatic N) is 3. The van der Waals surface area contributed by atoms with Crippen molar-refractivity contribution in [2.24, 2.45) is 0 Å². The van der Waals surface area contributed by atoms with Gasteiger partial charge in [0, 0.05) is 17.7 Å². The largest absolute Gasteiger partial charge is 0.446 e. The first-order valence-corrected chi connectivity index (χ1v) is 6.27. The molecule has 8 heteroatoms. The SMILES string of the molecule is O=[N+]([O-])c1cccc(-c2nc(-c3ccc(Br)o3)no2)c1. The van der Waals surface area contributed by atoms with Crippen LogP contribution in [0, 0.1) is 10.1 Å². The molecule has 0 unspecified atom stereocenters. The third-order valence-electron chi connectivity index (χ3n) is 2.52. The molecule has 2 aromatic heterocycles. The van der Waals surface area contributed by atoms with Gasteiger partial charge in [0.1, 0.15) is 0 Å². The van der Waals surface area contributed by atoms with Crippen LogP contribution in [-0.2, 0) is 0 Å². The monoisotopic (exact) mass is 335 g/mol. The normalized spacial score (nSPS) is 10.7. The first kappa shape index (κ1) is 12.5. The molecule has 100 valence electrons. The van der Waals surface area contributed by atoms with E-state index >= 15 is 0 Å². The van der Waals surface area contributed by atoms with Gasteiger partial charge < -0.3 is 8.94 Å². The Morgan fingerprint density at radius 3 is 2.80 bits per heavy atom. The lowest BCUT2D eigenvalue weighted by molar-refractivity contribution is -0.384.